The zero-order valence-electron chi connectivity index (χ0n) is 9.94. The van der Waals surface area contributed by atoms with Crippen molar-refractivity contribution in [3.8, 4) is 0 Å². The minimum Gasteiger partial charge on any atom is -0.476 e. The van der Waals surface area contributed by atoms with Crippen LogP contribution < -0.4 is 0 Å². The van der Waals surface area contributed by atoms with E-state index in [0.717, 1.165) is 6.29 Å². The lowest BCUT2D eigenvalue weighted by molar-refractivity contribution is -0.130. The van der Waals surface area contributed by atoms with Gasteiger partial charge in [0.2, 0.25) is 5.91 Å². The van der Waals surface area contributed by atoms with Crippen molar-refractivity contribution in [2.24, 2.45) is 0 Å². The van der Waals surface area contributed by atoms with Crippen molar-refractivity contribution in [3.63, 3.8) is 0 Å². The molecule has 1 aromatic rings. The number of aromatic nitrogens is 1. The second-order valence-corrected chi connectivity index (χ2v) is 6.18. The highest BCUT2D eigenvalue weighted by Gasteiger charge is 2.29. The number of carbonyl (C=O) groups is 3. The van der Waals surface area contributed by atoms with Crippen molar-refractivity contribution in [1.82, 2.24) is 9.88 Å². The van der Waals surface area contributed by atoms with Crippen molar-refractivity contribution in [2.75, 3.05) is 12.3 Å². The van der Waals surface area contributed by atoms with Crippen molar-refractivity contribution >= 4 is 41.3 Å². The van der Waals surface area contributed by atoms with Crippen LogP contribution in [0.3, 0.4) is 0 Å². The Kier molecular flexibility index (Phi) is 4.54. The molecular weight excluding hydrogens is 288 g/mol. The molecule has 1 saturated heterocycles. The molecule has 0 radical (unpaired) electrons. The molecule has 0 spiro atoms. The first-order chi connectivity index (χ1) is 9.11. The average molecular weight is 300 g/mol. The van der Waals surface area contributed by atoms with Gasteiger partial charge >= 0.3 is 5.97 Å². The summed E-state index contributed by atoms with van der Waals surface area (Å²) >= 11 is 2.66. The Balaban J connectivity index is 1.84. The third kappa shape index (κ3) is 3.32. The Bertz CT molecular complexity index is 503. The van der Waals surface area contributed by atoms with E-state index >= 15 is 0 Å². The van der Waals surface area contributed by atoms with E-state index in [2.05, 4.69) is 4.98 Å². The number of aromatic carboxylic acids is 1. The summed E-state index contributed by atoms with van der Waals surface area (Å²) in [6.45, 7) is 0.481. The first-order valence-electron chi connectivity index (χ1n) is 5.68. The molecule has 102 valence electrons. The van der Waals surface area contributed by atoms with Crippen LogP contribution in [0.2, 0.25) is 0 Å². The number of aldehydes is 1. The number of nitrogens with zero attached hydrogens (tertiary/aromatic N) is 2. The van der Waals surface area contributed by atoms with Crippen LogP contribution in [0.5, 0.6) is 0 Å². The van der Waals surface area contributed by atoms with E-state index in [1.807, 2.05) is 0 Å². The Morgan fingerprint density at radius 1 is 1.68 bits per heavy atom. The van der Waals surface area contributed by atoms with Crippen LogP contribution in [0.1, 0.15) is 23.3 Å². The standard InChI is InChI=1S/C11H12N2O4S2/c14-5-7-1-2-9(15)13(7)3-4-18-11-12-8(6-19-11)10(16)17/h5-7H,1-4H2,(H,16,17)/t7-/m1/s1. The van der Waals surface area contributed by atoms with Gasteiger partial charge in [-0.05, 0) is 6.42 Å². The van der Waals surface area contributed by atoms with E-state index < -0.39 is 5.97 Å². The van der Waals surface area contributed by atoms with E-state index in [1.54, 1.807) is 4.90 Å². The Morgan fingerprint density at radius 2 is 2.47 bits per heavy atom. The Labute approximate surface area is 117 Å². The van der Waals surface area contributed by atoms with Crippen LogP contribution >= 0.6 is 23.1 Å². The maximum atomic E-state index is 11.5. The maximum Gasteiger partial charge on any atom is 0.355 e. The summed E-state index contributed by atoms with van der Waals surface area (Å²) in [6, 6.07) is -0.307. The zero-order valence-corrected chi connectivity index (χ0v) is 11.6. The molecule has 0 aromatic carbocycles. The molecule has 2 rings (SSSR count). The van der Waals surface area contributed by atoms with E-state index in [1.165, 1.54) is 28.5 Å². The molecule has 1 fully saturated rings. The number of carboxylic acid groups (broad SMARTS) is 1. The molecule has 0 aliphatic carbocycles. The van der Waals surface area contributed by atoms with Crippen LogP contribution in [-0.4, -0.2) is 51.5 Å². The molecule has 1 aromatic heterocycles. The van der Waals surface area contributed by atoms with Crippen molar-refractivity contribution in [1.29, 1.82) is 0 Å². The third-order valence-corrected chi connectivity index (χ3v) is 4.79. The Morgan fingerprint density at radius 3 is 3.11 bits per heavy atom. The number of thioether (sulfide) groups is 1. The van der Waals surface area contributed by atoms with Gasteiger partial charge in [0, 0.05) is 24.1 Å². The van der Waals surface area contributed by atoms with E-state index in [-0.39, 0.29) is 17.6 Å². The Hall–Kier alpha value is -1.41. The van der Waals surface area contributed by atoms with Gasteiger partial charge in [-0.3, -0.25) is 4.79 Å². The lowest BCUT2D eigenvalue weighted by Crippen LogP contribution is -2.35. The van der Waals surface area contributed by atoms with Gasteiger partial charge in [0.05, 0.1) is 6.04 Å². The quantitative estimate of drug-likeness (QED) is 0.626. The minimum absolute atomic E-state index is 0.00284. The van der Waals surface area contributed by atoms with Gasteiger partial charge in [0.1, 0.15) is 6.29 Å². The zero-order chi connectivity index (χ0) is 13.8. The first kappa shape index (κ1) is 14.0. The second kappa shape index (κ2) is 6.16. The SMILES string of the molecule is O=C[C@H]1CCC(=O)N1CCSc1nc(C(=O)O)cs1. The third-order valence-electron chi connectivity index (χ3n) is 2.79. The van der Waals surface area contributed by atoms with Crippen molar-refractivity contribution in [3.05, 3.63) is 11.1 Å². The largest absolute Gasteiger partial charge is 0.476 e. The average Bonchev–Trinajstić information content (AvgIpc) is 2.98. The van der Waals surface area contributed by atoms with Crippen molar-refractivity contribution < 1.29 is 19.5 Å². The van der Waals surface area contributed by atoms with Crippen LogP contribution in [0.25, 0.3) is 0 Å². The molecule has 0 saturated carbocycles. The van der Waals surface area contributed by atoms with Crippen LogP contribution in [0.15, 0.2) is 9.72 Å². The van der Waals surface area contributed by atoms with Gasteiger partial charge < -0.3 is 14.8 Å². The maximum absolute atomic E-state index is 11.5. The second-order valence-electron chi connectivity index (χ2n) is 3.98. The molecule has 0 bridgehead atoms. The fourth-order valence-electron chi connectivity index (χ4n) is 1.84. The summed E-state index contributed by atoms with van der Waals surface area (Å²) in [5.41, 5.74) is 0.0375. The summed E-state index contributed by atoms with van der Waals surface area (Å²) in [4.78, 5) is 38.5. The smallest absolute Gasteiger partial charge is 0.355 e. The lowest BCUT2D eigenvalue weighted by atomic mass is 10.2. The highest BCUT2D eigenvalue weighted by Crippen LogP contribution is 2.24. The molecule has 0 unspecified atom stereocenters. The molecule has 1 N–H and O–H groups in total. The predicted octanol–water partition coefficient (Wildman–Crippen LogP) is 1.12. The summed E-state index contributed by atoms with van der Waals surface area (Å²) in [6.07, 6.45) is 1.82. The van der Waals surface area contributed by atoms with E-state index in [9.17, 15) is 14.4 Å². The highest BCUT2D eigenvalue weighted by molar-refractivity contribution is 8.01. The molecular formula is C11H12N2O4S2. The topological polar surface area (TPSA) is 87.6 Å². The van der Waals surface area contributed by atoms with Crippen LogP contribution in [0.4, 0.5) is 0 Å². The fraction of sp³-hybridized carbons (Fsp3) is 0.455. The van der Waals surface area contributed by atoms with Crippen LogP contribution in [-0.2, 0) is 9.59 Å². The molecule has 1 aliphatic heterocycles. The van der Waals surface area contributed by atoms with Gasteiger partial charge in [-0.15, -0.1) is 11.3 Å². The number of thiazole rings is 1. The summed E-state index contributed by atoms with van der Waals surface area (Å²) in [5, 5.41) is 10.2. The van der Waals surface area contributed by atoms with Gasteiger partial charge in [-0.25, -0.2) is 9.78 Å². The van der Waals surface area contributed by atoms with Gasteiger partial charge in [0.15, 0.2) is 10.0 Å². The number of hydrogen-bond acceptors (Lipinski definition) is 6. The summed E-state index contributed by atoms with van der Waals surface area (Å²) < 4.78 is 0.659. The molecule has 8 heteroatoms. The number of amides is 1. The number of likely N-dealkylation sites (tertiary alicyclic amines) is 1. The normalized spacial score (nSPS) is 18.8. The van der Waals surface area contributed by atoms with Gasteiger partial charge in [-0.2, -0.15) is 0 Å². The predicted molar refractivity (Wildman–Crippen MR) is 70.6 cm³/mol. The number of rotatable bonds is 6. The van der Waals surface area contributed by atoms with E-state index in [0.29, 0.717) is 29.5 Å². The van der Waals surface area contributed by atoms with Crippen LogP contribution in [0, 0.1) is 0 Å². The molecule has 1 aliphatic rings. The lowest BCUT2D eigenvalue weighted by Gasteiger charge is -2.19. The molecule has 19 heavy (non-hydrogen) atoms. The molecule has 1 atom stereocenters. The van der Waals surface area contributed by atoms with Gasteiger partial charge in [-0.1, -0.05) is 11.8 Å². The number of hydrogen-bond donors (Lipinski definition) is 1. The molecule has 6 nitrogen and oxygen atoms in total. The summed E-state index contributed by atoms with van der Waals surface area (Å²) in [5.74, 6) is -0.440. The highest BCUT2D eigenvalue weighted by atomic mass is 32.2. The number of carbonyl (C=O) groups excluding carboxylic acids is 2. The molecule has 1 amide bonds. The minimum atomic E-state index is -1.04. The summed E-state index contributed by atoms with van der Waals surface area (Å²) in [7, 11) is 0. The number of carboxylic acids is 1. The fourth-order valence-corrected chi connectivity index (χ4v) is 3.65. The first-order valence-corrected chi connectivity index (χ1v) is 7.54. The monoisotopic (exact) mass is 300 g/mol. The van der Waals surface area contributed by atoms with E-state index in [4.69, 9.17) is 5.11 Å². The van der Waals surface area contributed by atoms with Gasteiger partial charge in [0.25, 0.3) is 0 Å². The van der Waals surface area contributed by atoms with Crippen molar-refractivity contribution in [2.45, 2.75) is 23.2 Å². The molecule has 2 heterocycles.